The molecule has 1 aromatic heterocycles. The summed E-state index contributed by atoms with van der Waals surface area (Å²) < 4.78 is 52.1. The van der Waals surface area contributed by atoms with Crippen molar-refractivity contribution in [3.05, 3.63) is 52.2 Å². The number of benzene rings is 1. The van der Waals surface area contributed by atoms with E-state index in [1.54, 1.807) is 17.5 Å². The molecule has 0 saturated carbocycles. The summed E-state index contributed by atoms with van der Waals surface area (Å²) in [6.45, 7) is -0.462. The summed E-state index contributed by atoms with van der Waals surface area (Å²) in [5.41, 5.74) is -0.0443. The van der Waals surface area contributed by atoms with Crippen LogP contribution in [0.3, 0.4) is 0 Å². The molecule has 0 unspecified atom stereocenters. The van der Waals surface area contributed by atoms with Crippen molar-refractivity contribution in [1.29, 1.82) is 0 Å². The number of sulfone groups is 1. The van der Waals surface area contributed by atoms with Crippen LogP contribution in [-0.4, -0.2) is 32.5 Å². The predicted molar refractivity (Wildman–Crippen MR) is 78.6 cm³/mol. The number of ether oxygens (including phenoxy) is 1. The molecule has 2 rings (SSSR count). The monoisotopic (exact) mass is 360 g/mol. The summed E-state index contributed by atoms with van der Waals surface area (Å²) in [5.74, 6) is -4.76. The molecule has 5 nitrogen and oxygen atoms in total. The first-order valence-electron chi connectivity index (χ1n) is 6.18. The number of thiophene rings is 1. The summed E-state index contributed by atoms with van der Waals surface area (Å²) in [6.07, 6.45) is 0. The highest BCUT2D eigenvalue weighted by atomic mass is 32.2. The Morgan fingerprint density at radius 1 is 1.13 bits per heavy atom. The van der Waals surface area contributed by atoms with Crippen molar-refractivity contribution >= 4 is 32.9 Å². The highest BCUT2D eigenvalue weighted by Gasteiger charge is 2.26. The van der Waals surface area contributed by atoms with E-state index in [0.29, 0.717) is 4.88 Å². The van der Waals surface area contributed by atoms with Gasteiger partial charge in [0.1, 0.15) is 0 Å². The second-order valence-corrected chi connectivity index (χ2v) is 7.17. The van der Waals surface area contributed by atoms with Crippen LogP contribution in [0.25, 0.3) is 0 Å². The molecular weight excluding hydrogens is 350 g/mol. The van der Waals surface area contributed by atoms with Gasteiger partial charge >= 0.3 is 11.7 Å². The van der Waals surface area contributed by atoms with Crippen molar-refractivity contribution in [2.45, 2.75) is 10.7 Å². The molecule has 122 valence electrons. The van der Waals surface area contributed by atoms with E-state index in [4.69, 9.17) is 4.74 Å². The number of carbonyl (C=O) groups is 2. The van der Waals surface area contributed by atoms with Gasteiger partial charge in [-0.2, -0.15) is 8.78 Å². The highest BCUT2D eigenvalue weighted by Crippen LogP contribution is 2.19. The number of rotatable bonds is 6. The van der Waals surface area contributed by atoms with Crippen LogP contribution in [0.2, 0.25) is 0 Å². The van der Waals surface area contributed by atoms with Gasteiger partial charge in [0.05, 0.1) is 15.3 Å². The van der Waals surface area contributed by atoms with E-state index in [1.807, 2.05) is 0 Å². The third-order valence-electron chi connectivity index (χ3n) is 2.78. The second kappa shape index (κ2) is 6.97. The number of esters is 1. The smallest absolute Gasteiger partial charge is 0.341 e. The minimum absolute atomic E-state index is 0.0443. The average Bonchev–Trinajstić information content (AvgIpc) is 3.06. The molecule has 1 aromatic carbocycles. The van der Waals surface area contributed by atoms with Crippen LogP contribution >= 0.6 is 11.3 Å². The summed E-state index contributed by atoms with van der Waals surface area (Å²) in [5, 5.41) is 1.71. The lowest BCUT2D eigenvalue weighted by Crippen LogP contribution is -2.14. The number of halogens is 2. The lowest BCUT2D eigenvalue weighted by molar-refractivity contribution is 0.0475. The molecule has 23 heavy (non-hydrogen) atoms. The van der Waals surface area contributed by atoms with Gasteiger partial charge in [0.2, 0.25) is 15.6 Å². The van der Waals surface area contributed by atoms with Gasteiger partial charge < -0.3 is 4.74 Å². The molecule has 1 heterocycles. The Morgan fingerprint density at radius 3 is 2.30 bits per heavy atom. The summed E-state index contributed by atoms with van der Waals surface area (Å²) in [4.78, 5) is 23.3. The van der Waals surface area contributed by atoms with Gasteiger partial charge in [-0.05, 0) is 35.7 Å². The van der Waals surface area contributed by atoms with Crippen LogP contribution in [0, 0.1) is 0 Å². The maximum Gasteiger partial charge on any atom is 0.341 e. The van der Waals surface area contributed by atoms with Crippen molar-refractivity contribution in [2.24, 2.45) is 0 Å². The molecule has 9 heteroatoms. The Hall–Kier alpha value is -2.13. The first-order chi connectivity index (χ1) is 10.8. The quantitative estimate of drug-likeness (QED) is 0.585. The summed E-state index contributed by atoms with van der Waals surface area (Å²) in [7, 11) is -4.71. The third kappa shape index (κ3) is 3.99. The molecule has 0 bridgehead atoms. The second-order valence-electron chi connectivity index (χ2n) is 4.31. The van der Waals surface area contributed by atoms with Crippen LogP contribution < -0.4 is 0 Å². The maximum atomic E-state index is 12.4. The molecule has 0 amide bonds. The molecule has 0 N–H and O–H groups in total. The Kier molecular flexibility index (Phi) is 5.22. The highest BCUT2D eigenvalue weighted by molar-refractivity contribution is 7.91. The topological polar surface area (TPSA) is 77.5 Å². The van der Waals surface area contributed by atoms with E-state index >= 15 is 0 Å². The van der Waals surface area contributed by atoms with Gasteiger partial charge in [0.25, 0.3) is 0 Å². The number of alkyl halides is 2. The fraction of sp³-hybridized carbons (Fsp3) is 0.143. The standard InChI is InChI=1S/C14H10F2O5S2/c15-14(16)23(19,20)10-5-3-9(4-6-10)13(18)21-8-11(17)12-2-1-7-22-12/h1-7,14H,8H2. The minimum atomic E-state index is -4.71. The van der Waals surface area contributed by atoms with E-state index < -0.39 is 33.1 Å². The molecule has 2 aromatic rings. The van der Waals surface area contributed by atoms with Gasteiger partial charge in [0, 0.05) is 0 Å². The lowest BCUT2D eigenvalue weighted by Gasteiger charge is -2.05. The SMILES string of the molecule is O=C(OCC(=O)c1cccs1)c1ccc(S(=O)(=O)C(F)F)cc1. The van der Waals surface area contributed by atoms with Crippen LogP contribution in [-0.2, 0) is 14.6 Å². The Morgan fingerprint density at radius 2 is 1.78 bits per heavy atom. The first kappa shape index (κ1) is 17.2. The van der Waals surface area contributed by atoms with E-state index in [9.17, 15) is 26.8 Å². The number of hydrogen-bond acceptors (Lipinski definition) is 6. The van der Waals surface area contributed by atoms with Gasteiger partial charge in [-0.25, -0.2) is 13.2 Å². The Bertz CT molecular complexity index is 796. The first-order valence-corrected chi connectivity index (χ1v) is 8.61. The number of hydrogen-bond donors (Lipinski definition) is 0. The van der Waals surface area contributed by atoms with Crippen LogP contribution in [0.5, 0.6) is 0 Å². The fourth-order valence-corrected chi connectivity index (χ4v) is 2.98. The molecule has 0 saturated heterocycles. The zero-order chi connectivity index (χ0) is 17.0. The molecule has 0 radical (unpaired) electrons. The molecule has 0 aliphatic heterocycles. The summed E-state index contributed by atoms with van der Waals surface area (Å²) >= 11 is 1.21. The zero-order valence-corrected chi connectivity index (χ0v) is 13.1. The summed E-state index contributed by atoms with van der Waals surface area (Å²) in [6, 6.07) is 7.14. The average molecular weight is 360 g/mol. The molecular formula is C14H10F2O5S2. The molecule has 0 fully saturated rings. The number of carbonyl (C=O) groups excluding carboxylic acids is 2. The van der Waals surface area contributed by atoms with E-state index in [1.165, 1.54) is 11.3 Å². The van der Waals surface area contributed by atoms with Gasteiger partial charge in [-0.3, -0.25) is 4.79 Å². The van der Waals surface area contributed by atoms with Crippen LogP contribution in [0.4, 0.5) is 8.78 Å². The molecule has 0 aliphatic carbocycles. The van der Waals surface area contributed by atoms with Crippen molar-refractivity contribution in [2.75, 3.05) is 6.61 Å². The largest absolute Gasteiger partial charge is 0.454 e. The Balaban J connectivity index is 2.02. The van der Waals surface area contributed by atoms with Gasteiger partial charge in [0.15, 0.2) is 6.61 Å². The van der Waals surface area contributed by atoms with E-state index in [-0.39, 0.29) is 11.3 Å². The zero-order valence-electron chi connectivity index (χ0n) is 11.4. The molecule has 0 spiro atoms. The van der Waals surface area contributed by atoms with E-state index in [0.717, 1.165) is 24.3 Å². The number of ketones is 1. The predicted octanol–water partition coefficient (Wildman–Crippen LogP) is 2.78. The van der Waals surface area contributed by atoms with Crippen molar-refractivity contribution in [1.82, 2.24) is 0 Å². The normalized spacial score (nSPS) is 11.4. The van der Waals surface area contributed by atoms with Crippen molar-refractivity contribution < 1.29 is 31.5 Å². The van der Waals surface area contributed by atoms with Gasteiger partial charge in [-0.1, -0.05) is 6.07 Å². The lowest BCUT2D eigenvalue weighted by atomic mass is 10.2. The Labute approximate surface area is 134 Å². The van der Waals surface area contributed by atoms with Crippen molar-refractivity contribution in [3.8, 4) is 0 Å². The molecule has 0 aliphatic rings. The van der Waals surface area contributed by atoms with E-state index in [2.05, 4.69) is 0 Å². The fourth-order valence-electron chi connectivity index (χ4n) is 1.61. The van der Waals surface area contributed by atoms with Crippen LogP contribution in [0.1, 0.15) is 20.0 Å². The van der Waals surface area contributed by atoms with Crippen LogP contribution in [0.15, 0.2) is 46.7 Å². The van der Waals surface area contributed by atoms with Gasteiger partial charge in [-0.15, -0.1) is 11.3 Å². The molecule has 0 atom stereocenters. The number of Topliss-reactive ketones (excluding diaryl/α,β-unsaturated/α-hetero) is 1. The van der Waals surface area contributed by atoms with Crippen molar-refractivity contribution in [3.63, 3.8) is 0 Å². The minimum Gasteiger partial charge on any atom is -0.454 e. The third-order valence-corrected chi connectivity index (χ3v) is 5.09. The maximum absolute atomic E-state index is 12.4.